The molecule has 2 aromatic rings. The summed E-state index contributed by atoms with van der Waals surface area (Å²) in [7, 11) is 0. The second-order valence-corrected chi connectivity index (χ2v) is 7.83. The minimum Gasteiger partial charge on any atom is -0.366 e. The largest absolute Gasteiger partial charge is 0.366 e. The molecule has 2 aliphatic rings. The summed E-state index contributed by atoms with van der Waals surface area (Å²) in [5.41, 5.74) is 1.29. The van der Waals surface area contributed by atoms with Crippen LogP contribution in [0.3, 0.4) is 0 Å². The molecule has 1 aromatic heterocycles. The van der Waals surface area contributed by atoms with Gasteiger partial charge in [0.25, 0.3) is 5.91 Å². The van der Waals surface area contributed by atoms with E-state index < -0.39 is 0 Å². The Kier molecular flexibility index (Phi) is 5.46. The van der Waals surface area contributed by atoms with E-state index in [1.807, 2.05) is 21.9 Å². The van der Waals surface area contributed by atoms with Gasteiger partial charge in [0.1, 0.15) is 11.6 Å². The van der Waals surface area contributed by atoms with E-state index in [1.54, 1.807) is 24.4 Å². The van der Waals surface area contributed by atoms with E-state index in [0.717, 1.165) is 18.9 Å². The highest BCUT2D eigenvalue weighted by molar-refractivity contribution is 5.95. The van der Waals surface area contributed by atoms with Crippen LogP contribution in [0.2, 0.25) is 0 Å². The molecular weight excluding hydrogens is 355 g/mol. The van der Waals surface area contributed by atoms with Gasteiger partial charge >= 0.3 is 0 Å². The quantitative estimate of drug-likeness (QED) is 0.816. The molecule has 2 fully saturated rings. The first-order valence-corrected chi connectivity index (χ1v) is 10.1. The van der Waals surface area contributed by atoms with Crippen LogP contribution in [0.15, 0.2) is 42.6 Å². The van der Waals surface area contributed by atoms with Gasteiger partial charge in [-0.2, -0.15) is 0 Å². The summed E-state index contributed by atoms with van der Waals surface area (Å²) in [4.78, 5) is 23.6. The van der Waals surface area contributed by atoms with Gasteiger partial charge in [-0.15, -0.1) is 0 Å². The number of carbonyl (C=O) groups excluding carboxylic acids is 1. The number of hydrogen-bond acceptors (Lipinski definition) is 4. The van der Waals surface area contributed by atoms with Crippen molar-refractivity contribution in [2.45, 2.75) is 19.8 Å². The number of anilines is 2. The van der Waals surface area contributed by atoms with Crippen molar-refractivity contribution < 1.29 is 9.18 Å². The van der Waals surface area contributed by atoms with Crippen LogP contribution in [-0.2, 0) is 0 Å². The summed E-state index contributed by atoms with van der Waals surface area (Å²) < 4.78 is 14.0. The molecule has 4 rings (SSSR count). The zero-order valence-corrected chi connectivity index (χ0v) is 16.4. The summed E-state index contributed by atoms with van der Waals surface area (Å²) in [6.07, 6.45) is 4.15. The second kappa shape index (κ2) is 8.17. The van der Waals surface area contributed by atoms with Crippen molar-refractivity contribution in [3.8, 4) is 0 Å². The summed E-state index contributed by atoms with van der Waals surface area (Å²) >= 11 is 0. The number of piperidine rings is 1. The van der Waals surface area contributed by atoms with Crippen molar-refractivity contribution in [1.82, 2.24) is 9.88 Å². The first-order valence-electron chi connectivity index (χ1n) is 10.1. The van der Waals surface area contributed by atoms with E-state index in [0.29, 0.717) is 43.3 Å². The van der Waals surface area contributed by atoms with Crippen molar-refractivity contribution in [2.75, 3.05) is 49.1 Å². The standard InChI is InChI=1S/C22H27FN4O/c1-17-5-4-10-27(16-17)21-15-18(8-9-24-21)22(28)26-13-11-25(12-14-26)20-7-3-2-6-19(20)23/h2-3,6-9,15,17H,4-5,10-14,16H2,1H3. The third-order valence-corrected chi connectivity index (χ3v) is 5.73. The molecule has 0 N–H and O–H groups in total. The van der Waals surface area contributed by atoms with Crippen LogP contribution < -0.4 is 9.80 Å². The Bertz CT molecular complexity index is 835. The number of para-hydroxylation sites is 1. The van der Waals surface area contributed by atoms with Crippen molar-refractivity contribution in [3.05, 3.63) is 54.0 Å². The molecule has 0 radical (unpaired) electrons. The number of aromatic nitrogens is 1. The third-order valence-electron chi connectivity index (χ3n) is 5.73. The summed E-state index contributed by atoms with van der Waals surface area (Å²) in [5, 5.41) is 0. The summed E-state index contributed by atoms with van der Waals surface area (Å²) in [5.74, 6) is 1.36. The molecule has 0 bridgehead atoms. The molecule has 1 aromatic carbocycles. The van der Waals surface area contributed by atoms with E-state index in [-0.39, 0.29) is 11.7 Å². The summed E-state index contributed by atoms with van der Waals surface area (Å²) in [6.45, 7) is 6.69. The number of hydrogen-bond donors (Lipinski definition) is 0. The van der Waals surface area contributed by atoms with Gasteiger partial charge in [-0.25, -0.2) is 9.37 Å². The zero-order valence-electron chi connectivity index (χ0n) is 16.4. The maximum atomic E-state index is 14.0. The Morgan fingerprint density at radius 1 is 1.07 bits per heavy atom. The van der Waals surface area contributed by atoms with E-state index in [4.69, 9.17) is 0 Å². The molecule has 1 unspecified atom stereocenters. The molecule has 3 heterocycles. The third kappa shape index (κ3) is 3.96. The average Bonchev–Trinajstić information content (AvgIpc) is 2.74. The van der Waals surface area contributed by atoms with Crippen molar-refractivity contribution in [2.24, 2.45) is 5.92 Å². The fourth-order valence-corrected chi connectivity index (χ4v) is 4.16. The van der Waals surface area contributed by atoms with Crippen LogP contribution in [-0.4, -0.2) is 55.1 Å². The van der Waals surface area contributed by atoms with Crippen LogP contribution in [0.25, 0.3) is 0 Å². The highest BCUT2D eigenvalue weighted by atomic mass is 19.1. The Labute approximate surface area is 165 Å². The lowest BCUT2D eigenvalue weighted by molar-refractivity contribution is 0.0746. The zero-order chi connectivity index (χ0) is 19.5. The van der Waals surface area contributed by atoms with Gasteiger partial charge in [-0.1, -0.05) is 19.1 Å². The summed E-state index contributed by atoms with van der Waals surface area (Å²) in [6, 6.07) is 10.5. The second-order valence-electron chi connectivity index (χ2n) is 7.83. The fraction of sp³-hybridized carbons (Fsp3) is 0.455. The molecule has 28 heavy (non-hydrogen) atoms. The van der Waals surface area contributed by atoms with Gasteiger partial charge in [0.2, 0.25) is 0 Å². The molecule has 0 saturated carbocycles. The highest BCUT2D eigenvalue weighted by Crippen LogP contribution is 2.23. The van der Waals surface area contributed by atoms with Crippen LogP contribution in [0, 0.1) is 11.7 Å². The van der Waals surface area contributed by atoms with Crippen molar-refractivity contribution in [3.63, 3.8) is 0 Å². The van der Waals surface area contributed by atoms with Crippen LogP contribution >= 0.6 is 0 Å². The molecule has 0 spiro atoms. The normalized spacial score (nSPS) is 20.4. The monoisotopic (exact) mass is 382 g/mol. The molecular formula is C22H27FN4O. The molecule has 1 amide bonds. The Morgan fingerprint density at radius 3 is 2.61 bits per heavy atom. The number of pyridine rings is 1. The fourth-order valence-electron chi connectivity index (χ4n) is 4.16. The van der Waals surface area contributed by atoms with E-state index in [1.165, 1.54) is 18.9 Å². The first-order chi connectivity index (χ1) is 13.6. The lowest BCUT2D eigenvalue weighted by Gasteiger charge is -2.36. The maximum absolute atomic E-state index is 14.0. The van der Waals surface area contributed by atoms with Gasteiger partial charge in [0.15, 0.2) is 0 Å². The van der Waals surface area contributed by atoms with Gasteiger partial charge in [0, 0.05) is 51.0 Å². The Morgan fingerprint density at radius 2 is 1.86 bits per heavy atom. The number of nitrogens with zero attached hydrogens (tertiary/aromatic N) is 4. The number of rotatable bonds is 3. The van der Waals surface area contributed by atoms with E-state index in [9.17, 15) is 9.18 Å². The number of benzene rings is 1. The minimum absolute atomic E-state index is 0.0295. The van der Waals surface area contributed by atoms with E-state index in [2.05, 4.69) is 16.8 Å². The predicted octanol–water partition coefficient (Wildman–Crippen LogP) is 3.42. The van der Waals surface area contributed by atoms with Crippen LogP contribution in [0.1, 0.15) is 30.1 Å². The van der Waals surface area contributed by atoms with Gasteiger partial charge in [0.05, 0.1) is 5.69 Å². The highest BCUT2D eigenvalue weighted by Gasteiger charge is 2.25. The molecule has 2 aliphatic heterocycles. The topological polar surface area (TPSA) is 39.7 Å². The van der Waals surface area contributed by atoms with E-state index >= 15 is 0 Å². The molecule has 1 atom stereocenters. The molecule has 2 saturated heterocycles. The average molecular weight is 382 g/mol. The SMILES string of the molecule is CC1CCCN(c2cc(C(=O)N3CCN(c4ccccc4F)CC3)ccn2)C1. The van der Waals surface area contributed by atoms with Gasteiger partial charge in [-0.3, -0.25) is 4.79 Å². The number of halogens is 1. The maximum Gasteiger partial charge on any atom is 0.254 e. The van der Waals surface area contributed by atoms with Crippen molar-refractivity contribution in [1.29, 1.82) is 0 Å². The van der Waals surface area contributed by atoms with Crippen LogP contribution in [0.4, 0.5) is 15.9 Å². The van der Waals surface area contributed by atoms with Gasteiger partial charge < -0.3 is 14.7 Å². The first kappa shape index (κ1) is 18.7. The number of amides is 1. The molecule has 0 aliphatic carbocycles. The Hall–Kier alpha value is -2.63. The number of piperazine rings is 1. The molecule has 5 nitrogen and oxygen atoms in total. The number of carbonyl (C=O) groups is 1. The minimum atomic E-state index is -0.211. The predicted molar refractivity (Wildman–Crippen MR) is 109 cm³/mol. The van der Waals surface area contributed by atoms with Gasteiger partial charge in [-0.05, 0) is 43.0 Å². The molecule has 148 valence electrons. The van der Waals surface area contributed by atoms with Crippen LogP contribution in [0.5, 0.6) is 0 Å². The lowest BCUT2D eigenvalue weighted by Crippen LogP contribution is -2.49. The smallest absolute Gasteiger partial charge is 0.254 e. The van der Waals surface area contributed by atoms with Crippen molar-refractivity contribution >= 4 is 17.4 Å². The Balaban J connectivity index is 1.41. The molecule has 6 heteroatoms. The lowest BCUT2D eigenvalue weighted by atomic mass is 10.0.